The van der Waals surface area contributed by atoms with Crippen LogP contribution in [0.4, 0.5) is 5.13 Å². The number of amides is 2. The normalized spacial score (nSPS) is 18.1. The minimum atomic E-state index is -1.78. The summed E-state index contributed by atoms with van der Waals surface area (Å²) < 4.78 is 1.71. The second-order valence-electron chi connectivity index (χ2n) is 10.6. The lowest BCUT2D eigenvalue weighted by Crippen LogP contribution is -2.71. The number of phenols is 2. The number of carbonyl (C=O) groups is 4. The number of carboxylic acid groups (broad SMARTS) is 2. The molecule has 46 heavy (non-hydrogen) atoms. The van der Waals surface area contributed by atoms with Crippen LogP contribution < -0.4 is 15.6 Å². The van der Waals surface area contributed by atoms with Crippen LogP contribution in [0.3, 0.4) is 0 Å². The highest BCUT2D eigenvalue weighted by Gasteiger charge is 2.55. The summed E-state index contributed by atoms with van der Waals surface area (Å²) in [5, 5.41) is 46.1. The molecule has 0 bridgehead atoms. The summed E-state index contributed by atoms with van der Waals surface area (Å²) in [5.41, 5.74) is 4.87. The molecule has 2 aromatic heterocycles. The fraction of sp³-hybridized carbons (Fsp3) is 0.250. The molecule has 0 radical (unpaired) electrons. The number of carbonyl (C=O) groups excluding carboxylic acids is 2. The highest BCUT2D eigenvalue weighted by atomic mass is 35.5. The molecule has 2 amide bonds. The van der Waals surface area contributed by atoms with E-state index < -0.39 is 52.2 Å². The zero-order chi connectivity index (χ0) is 33.5. The van der Waals surface area contributed by atoms with Crippen molar-refractivity contribution in [1.82, 2.24) is 15.2 Å². The Bertz CT molecular complexity index is 1830. The minimum Gasteiger partial charge on any atom is -0.504 e. The highest BCUT2D eigenvalue weighted by molar-refractivity contribution is 8.00. The number of anilines is 1. The number of nitrogens with one attached hydrogen (secondary N) is 1. The molecule has 1 aromatic carbocycles. The van der Waals surface area contributed by atoms with Crippen LogP contribution >= 0.6 is 34.7 Å². The number of carboxylic acids is 2. The smallest absolute Gasteiger partial charge is 0.352 e. The van der Waals surface area contributed by atoms with Crippen molar-refractivity contribution in [2.45, 2.75) is 37.4 Å². The van der Waals surface area contributed by atoms with Gasteiger partial charge in [0.1, 0.15) is 22.8 Å². The van der Waals surface area contributed by atoms with E-state index in [1.54, 1.807) is 35.2 Å². The number of benzene rings is 1. The highest BCUT2D eigenvalue weighted by Crippen LogP contribution is 2.41. The molecule has 18 heteroatoms. The summed E-state index contributed by atoms with van der Waals surface area (Å²) in [6, 6.07) is 5.16. The molecule has 15 nitrogen and oxygen atoms in total. The number of oxime groups is 1. The van der Waals surface area contributed by atoms with Crippen LogP contribution in [0.25, 0.3) is 11.1 Å². The maximum atomic E-state index is 13.3. The topological polar surface area (TPSA) is 229 Å². The van der Waals surface area contributed by atoms with Gasteiger partial charge in [-0.1, -0.05) is 16.8 Å². The van der Waals surface area contributed by atoms with Gasteiger partial charge in [0, 0.05) is 34.4 Å². The van der Waals surface area contributed by atoms with E-state index in [0.717, 1.165) is 16.2 Å². The Labute approximate surface area is 273 Å². The van der Waals surface area contributed by atoms with Gasteiger partial charge in [0.2, 0.25) is 5.60 Å². The summed E-state index contributed by atoms with van der Waals surface area (Å²) in [6.07, 6.45) is 3.36. The van der Waals surface area contributed by atoms with E-state index >= 15 is 0 Å². The van der Waals surface area contributed by atoms with E-state index in [-0.39, 0.29) is 39.6 Å². The fourth-order valence-electron chi connectivity index (χ4n) is 4.55. The van der Waals surface area contributed by atoms with E-state index in [1.165, 1.54) is 37.1 Å². The molecule has 0 spiro atoms. The number of aromatic hydroxyl groups is 2. The number of hydrogen-bond acceptors (Lipinski definition) is 12. The molecule has 1 saturated heterocycles. The average molecular weight is 690 g/mol. The van der Waals surface area contributed by atoms with Gasteiger partial charge >= 0.3 is 11.9 Å². The lowest BCUT2D eigenvalue weighted by atomic mass is 10.0. The van der Waals surface area contributed by atoms with Crippen molar-refractivity contribution >= 4 is 69.3 Å². The molecule has 2 aliphatic rings. The third kappa shape index (κ3) is 6.16. The van der Waals surface area contributed by atoms with Crippen molar-refractivity contribution in [3.63, 3.8) is 0 Å². The molecule has 3 aromatic rings. The summed E-state index contributed by atoms with van der Waals surface area (Å²) in [4.78, 5) is 60.6. The zero-order valence-electron chi connectivity index (χ0n) is 24.0. The molecule has 2 atom stereocenters. The van der Waals surface area contributed by atoms with E-state index in [9.17, 15) is 39.6 Å². The zero-order valence-corrected chi connectivity index (χ0v) is 26.4. The van der Waals surface area contributed by atoms with Crippen molar-refractivity contribution in [1.29, 1.82) is 0 Å². The fourth-order valence-corrected chi connectivity index (χ4v) is 6.71. The Morgan fingerprint density at radius 1 is 1.22 bits per heavy atom. The largest absolute Gasteiger partial charge is 0.504 e. The van der Waals surface area contributed by atoms with Crippen LogP contribution in [-0.2, 0) is 30.6 Å². The number of rotatable bonds is 10. The SMILES string of the molecule is CC(C)(O/N=C(\C(=O)N[C@@H]1C(=O)N2C(C(=O)O)=C(C[n+]3ccc(-c4ccc(O)c(O)c4Cl)cc3)CS[C@H]12)c1csc(N)n1)C(=O)O. The lowest BCUT2D eigenvalue weighted by molar-refractivity contribution is -0.689. The van der Waals surface area contributed by atoms with Gasteiger partial charge in [-0.15, -0.1) is 23.1 Å². The van der Waals surface area contributed by atoms with Crippen molar-refractivity contribution in [2.24, 2.45) is 5.16 Å². The van der Waals surface area contributed by atoms with Crippen LogP contribution in [0.2, 0.25) is 5.02 Å². The van der Waals surface area contributed by atoms with E-state index in [1.807, 2.05) is 0 Å². The minimum absolute atomic E-state index is 0.00190. The number of thiazole rings is 1. The number of nitrogen functional groups attached to an aromatic ring is 1. The average Bonchev–Trinajstić information content (AvgIpc) is 3.44. The predicted molar refractivity (Wildman–Crippen MR) is 166 cm³/mol. The Morgan fingerprint density at radius 3 is 2.52 bits per heavy atom. The molecule has 0 saturated carbocycles. The third-order valence-electron chi connectivity index (χ3n) is 7.07. The number of hydrogen-bond donors (Lipinski definition) is 6. The van der Waals surface area contributed by atoms with Gasteiger partial charge < -0.3 is 36.3 Å². The van der Waals surface area contributed by atoms with Crippen LogP contribution in [0.1, 0.15) is 19.5 Å². The first-order chi connectivity index (χ1) is 21.7. The molecule has 1 fully saturated rings. The Hall–Kier alpha value is -4.87. The monoisotopic (exact) mass is 689 g/mol. The van der Waals surface area contributed by atoms with E-state index in [4.69, 9.17) is 22.2 Å². The summed E-state index contributed by atoms with van der Waals surface area (Å²) in [6.45, 7) is 2.60. The Balaban J connectivity index is 1.34. The van der Waals surface area contributed by atoms with Crippen LogP contribution in [0, 0.1) is 0 Å². The number of aliphatic carboxylic acids is 2. The van der Waals surface area contributed by atoms with Crippen LogP contribution in [0.15, 0.2) is 58.5 Å². The molecular formula is C28H26ClN6O9S2+. The molecule has 5 rings (SSSR count). The molecule has 2 aliphatic heterocycles. The molecular weight excluding hydrogens is 664 g/mol. The molecule has 0 unspecified atom stereocenters. The summed E-state index contributed by atoms with van der Waals surface area (Å²) >= 11 is 8.44. The van der Waals surface area contributed by atoms with Crippen LogP contribution in [-0.4, -0.2) is 82.5 Å². The number of nitrogens with zero attached hydrogens (tertiary/aromatic N) is 4. The maximum Gasteiger partial charge on any atom is 0.352 e. The quantitative estimate of drug-likeness (QED) is 0.0588. The molecule has 7 N–H and O–H groups in total. The number of β-lactam (4-membered cyclic amide) rings is 1. The van der Waals surface area contributed by atoms with Crippen molar-refractivity contribution in [3.8, 4) is 22.6 Å². The summed E-state index contributed by atoms with van der Waals surface area (Å²) in [5.74, 6) is -4.77. The van der Waals surface area contributed by atoms with Crippen molar-refractivity contribution in [3.05, 3.63) is 64.0 Å². The number of thioether (sulfide) groups is 1. The van der Waals surface area contributed by atoms with Gasteiger partial charge in [0.05, 0.1) is 5.02 Å². The van der Waals surface area contributed by atoms with E-state index in [2.05, 4.69) is 15.5 Å². The number of phenolic OH excluding ortho intramolecular Hbond substituents is 2. The van der Waals surface area contributed by atoms with Gasteiger partial charge in [-0.3, -0.25) is 14.5 Å². The first-order valence-corrected chi connectivity index (χ1v) is 15.6. The van der Waals surface area contributed by atoms with Gasteiger partial charge in [-0.2, -0.15) is 0 Å². The third-order valence-corrected chi connectivity index (χ3v) is 9.46. The molecule has 0 aliphatic carbocycles. The number of pyridine rings is 1. The van der Waals surface area contributed by atoms with Crippen LogP contribution in [0.5, 0.6) is 11.5 Å². The number of nitrogens with two attached hydrogens (primary N) is 1. The van der Waals surface area contributed by atoms with Gasteiger partial charge in [-0.05, 0) is 31.5 Å². The first-order valence-electron chi connectivity index (χ1n) is 13.3. The predicted octanol–water partition coefficient (Wildman–Crippen LogP) is 1.77. The van der Waals surface area contributed by atoms with E-state index in [0.29, 0.717) is 16.7 Å². The van der Waals surface area contributed by atoms with Crippen molar-refractivity contribution < 1.29 is 49.0 Å². The number of aromatic nitrogens is 2. The first kappa shape index (κ1) is 32.5. The Kier molecular flexibility index (Phi) is 8.83. The Morgan fingerprint density at radius 2 is 1.91 bits per heavy atom. The maximum absolute atomic E-state index is 13.3. The number of halogens is 1. The molecule has 4 heterocycles. The lowest BCUT2D eigenvalue weighted by Gasteiger charge is -2.49. The standard InChI is InChI=1S/C28H25ClN6O9S2/c1-28(2,26(42)43)44-33-18(15-11-46-27(30)31-15)22(38)32-19-23(39)35-20(25(40)41)13(10-45-24(19)35)9-34-7-5-12(6-8-34)14-3-4-16(36)21(37)17(14)29/h3-8,11,19,24H,9-10H2,1-2H3,(H6,30,31,32,37,38,40,41,42,43)/p+1/b33-18-/t19-,24-/m1/s1. The second-order valence-corrected chi connectivity index (χ2v) is 13.0. The molecule has 240 valence electrons. The van der Waals surface area contributed by atoms with Crippen molar-refractivity contribution in [2.75, 3.05) is 11.5 Å². The van der Waals surface area contributed by atoms with Gasteiger partial charge in [0.25, 0.3) is 11.8 Å². The van der Waals surface area contributed by atoms with Gasteiger partial charge in [-0.25, -0.2) is 19.1 Å². The summed E-state index contributed by atoms with van der Waals surface area (Å²) in [7, 11) is 0. The second kappa shape index (κ2) is 12.5. The van der Waals surface area contributed by atoms with Gasteiger partial charge in [0.15, 0.2) is 41.3 Å². The number of fused-ring (bicyclic) bond motifs is 1.